The van der Waals surface area contributed by atoms with Crippen molar-refractivity contribution in [2.24, 2.45) is 0 Å². The van der Waals surface area contributed by atoms with E-state index in [4.69, 9.17) is 11.6 Å². The average Bonchev–Trinajstić information content (AvgIpc) is 3.06. The summed E-state index contributed by atoms with van der Waals surface area (Å²) in [6.45, 7) is 2.71. The third-order valence-electron chi connectivity index (χ3n) is 4.10. The molecule has 0 unspecified atom stereocenters. The molecule has 1 aliphatic heterocycles. The van der Waals surface area contributed by atoms with Crippen molar-refractivity contribution in [3.63, 3.8) is 0 Å². The van der Waals surface area contributed by atoms with E-state index in [1.54, 1.807) is 4.90 Å². The van der Waals surface area contributed by atoms with Crippen molar-refractivity contribution < 1.29 is 13.7 Å². The Hall–Kier alpha value is -2.61. The van der Waals surface area contributed by atoms with Gasteiger partial charge < -0.3 is 4.90 Å². The van der Waals surface area contributed by atoms with Gasteiger partial charge in [-0.25, -0.2) is 18.7 Å². The van der Waals surface area contributed by atoms with E-state index < -0.39 is 22.2 Å². The van der Waals surface area contributed by atoms with Gasteiger partial charge in [-0.05, 0) is 38.0 Å². The van der Waals surface area contributed by atoms with E-state index in [1.807, 2.05) is 0 Å². The van der Waals surface area contributed by atoms with Crippen LogP contribution in [0.4, 0.5) is 14.5 Å². The third kappa shape index (κ3) is 3.50. The summed E-state index contributed by atoms with van der Waals surface area (Å²) in [6, 6.07) is 3.56. The summed E-state index contributed by atoms with van der Waals surface area (Å²) in [5, 5.41) is 11.1. The smallest absolute Gasteiger partial charge is 0.331 e. The maximum absolute atomic E-state index is 14.4. The zero-order chi connectivity index (χ0) is 18.8. The minimum absolute atomic E-state index is 0.0861. The van der Waals surface area contributed by atoms with E-state index in [0.29, 0.717) is 13.1 Å². The van der Waals surface area contributed by atoms with E-state index in [0.717, 1.165) is 25.0 Å². The summed E-state index contributed by atoms with van der Waals surface area (Å²) in [4.78, 5) is 20.3. The Kier molecular flexibility index (Phi) is 5.13. The first-order valence-electron chi connectivity index (χ1n) is 7.98. The molecule has 0 saturated carbocycles. The van der Waals surface area contributed by atoms with Gasteiger partial charge in [0, 0.05) is 13.1 Å². The fourth-order valence-corrected chi connectivity index (χ4v) is 3.26. The van der Waals surface area contributed by atoms with Crippen LogP contribution in [0.1, 0.15) is 29.9 Å². The van der Waals surface area contributed by atoms with Crippen LogP contribution in [0.5, 0.6) is 0 Å². The quantitative estimate of drug-likeness (QED) is 0.451. The van der Waals surface area contributed by atoms with Crippen LogP contribution in [0, 0.1) is 28.7 Å². The van der Waals surface area contributed by atoms with Crippen molar-refractivity contribution in [2.75, 3.05) is 13.1 Å². The normalized spacial score (nSPS) is 14.8. The van der Waals surface area contributed by atoms with Crippen molar-refractivity contribution in [1.82, 2.24) is 14.9 Å². The molecule has 0 N–H and O–H groups in total. The summed E-state index contributed by atoms with van der Waals surface area (Å²) < 4.78 is 28.7. The zero-order valence-electron chi connectivity index (χ0n) is 13.9. The van der Waals surface area contributed by atoms with Crippen LogP contribution in [0.15, 0.2) is 18.2 Å². The molecular weight excluding hydrogens is 366 g/mol. The molecular formula is C17H15ClF2N4O2. The Balaban J connectivity index is 2.25. The number of aromatic nitrogens is 2. The number of halogens is 3. The molecule has 1 fully saturated rings. The number of rotatable bonds is 4. The van der Waals surface area contributed by atoms with Crippen molar-refractivity contribution >= 4 is 29.1 Å². The van der Waals surface area contributed by atoms with Gasteiger partial charge in [0.05, 0.1) is 16.2 Å². The fourth-order valence-electron chi connectivity index (χ4n) is 2.97. The van der Waals surface area contributed by atoms with Crippen LogP contribution in [-0.2, 0) is 0 Å². The Morgan fingerprint density at radius 3 is 2.46 bits per heavy atom. The van der Waals surface area contributed by atoms with Gasteiger partial charge in [-0.15, -0.1) is 0 Å². The van der Waals surface area contributed by atoms with Gasteiger partial charge in [-0.1, -0.05) is 17.7 Å². The largest absolute Gasteiger partial charge is 0.371 e. The summed E-state index contributed by atoms with van der Waals surface area (Å²) in [6.07, 6.45) is 3.03. The molecule has 9 heteroatoms. The molecule has 0 spiro atoms. The van der Waals surface area contributed by atoms with Gasteiger partial charge in [-0.3, -0.25) is 10.1 Å². The molecule has 6 nitrogen and oxygen atoms in total. The molecule has 2 heterocycles. The Labute approximate surface area is 153 Å². The minimum Gasteiger partial charge on any atom is -0.371 e. The van der Waals surface area contributed by atoms with Crippen molar-refractivity contribution in [3.8, 4) is 0 Å². The van der Waals surface area contributed by atoms with Gasteiger partial charge in [0.1, 0.15) is 23.2 Å². The molecule has 1 aromatic carbocycles. The number of likely N-dealkylation sites (tertiary alicyclic amines) is 1. The van der Waals surface area contributed by atoms with Crippen LogP contribution >= 0.6 is 11.6 Å². The second kappa shape index (κ2) is 7.33. The van der Waals surface area contributed by atoms with Crippen LogP contribution in [0.2, 0.25) is 5.15 Å². The second-order valence-corrected chi connectivity index (χ2v) is 6.23. The molecule has 0 bridgehead atoms. The van der Waals surface area contributed by atoms with E-state index in [9.17, 15) is 18.9 Å². The van der Waals surface area contributed by atoms with E-state index in [1.165, 1.54) is 19.1 Å². The van der Waals surface area contributed by atoms with Crippen LogP contribution in [-0.4, -0.2) is 32.9 Å². The Morgan fingerprint density at radius 2 is 1.88 bits per heavy atom. The number of benzene rings is 1. The highest BCUT2D eigenvalue weighted by molar-refractivity contribution is 6.31. The van der Waals surface area contributed by atoms with E-state index >= 15 is 0 Å². The maximum Gasteiger partial charge on any atom is 0.331 e. The van der Waals surface area contributed by atoms with Crippen molar-refractivity contribution in [2.45, 2.75) is 19.8 Å². The molecule has 1 aromatic heterocycles. The summed E-state index contributed by atoms with van der Waals surface area (Å²) in [5.74, 6) is -1.27. The Morgan fingerprint density at radius 1 is 1.27 bits per heavy atom. The van der Waals surface area contributed by atoms with Gasteiger partial charge >= 0.3 is 5.69 Å². The molecule has 1 saturated heterocycles. The van der Waals surface area contributed by atoms with Crippen LogP contribution in [0.3, 0.4) is 0 Å². The predicted molar refractivity (Wildman–Crippen MR) is 93.5 cm³/mol. The zero-order valence-corrected chi connectivity index (χ0v) is 14.6. The number of nitrogens with zero attached hydrogens (tertiary/aromatic N) is 4. The predicted octanol–water partition coefficient (Wildman–Crippen LogP) is 4.22. The van der Waals surface area contributed by atoms with Crippen LogP contribution < -0.4 is 0 Å². The lowest BCUT2D eigenvalue weighted by molar-refractivity contribution is -0.385. The standard InChI is InChI=1S/C17H15ClF2N4O2/c1-10-21-13(16(24(25)26)17(18)22-10)9-14(23-7-2-3-8-23)15-11(19)5-4-6-12(15)20/h4-6,9H,2-3,7-8H2,1H3/b14-9-. The first-order valence-corrected chi connectivity index (χ1v) is 8.36. The molecule has 0 atom stereocenters. The molecule has 136 valence electrons. The van der Waals surface area contributed by atoms with Gasteiger partial charge in [-0.2, -0.15) is 0 Å². The highest BCUT2D eigenvalue weighted by Crippen LogP contribution is 2.33. The fraction of sp³-hybridized carbons (Fsp3) is 0.294. The van der Waals surface area contributed by atoms with Crippen molar-refractivity contribution in [3.05, 3.63) is 62.2 Å². The van der Waals surface area contributed by atoms with Gasteiger partial charge in [0.2, 0.25) is 5.15 Å². The lowest BCUT2D eigenvalue weighted by atomic mass is 10.1. The molecule has 1 aliphatic rings. The highest BCUT2D eigenvalue weighted by Gasteiger charge is 2.26. The van der Waals surface area contributed by atoms with Crippen LogP contribution in [0.25, 0.3) is 11.8 Å². The molecule has 26 heavy (non-hydrogen) atoms. The molecule has 3 rings (SSSR count). The SMILES string of the molecule is Cc1nc(Cl)c([N+](=O)[O-])c(/C=C(/c2c(F)cccc2F)N2CCCC2)n1. The van der Waals surface area contributed by atoms with E-state index in [-0.39, 0.29) is 27.9 Å². The maximum atomic E-state index is 14.4. The molecule has 0 amide bonds. The average molecular weight is 381 g/mol. The monoisotopic (exact) mass is 380 g/mol. The number of aryl methyl sites for hydroxylation is 1. The lowest BCUT2D eigenvalue weighted by Crippen LogP contribution is -2.19. The topological polar surface area (TPSA) is 72.2 Å². The third-order valence-corrected chi connectivity index (χ3v) is 4.37. The highest BCUT2D eigenvalue weighted by atomic mass is 35.5. The summed E-state index contributed by atoms with van der Waals surface area (Å²) >= 11 is 5.90. The summed E-state index contributed by atoms with van der Waals surface area (Å²) in [5.41, 5.74) is -0.616. The molecule has 2 aromatic rings. The van der Waals surface area contributed by atoms with E-state index in [2.05, 4.69) is 9.97 Å². The molecule has 0 aliphatic carbocycles. The minimum atomic E-state index is -0.748. The van der Waals surface area contributed by atoms with Gasteiger partial charge in [0.25, 0.3) is 0 Å². The van der Waals surface area contributed by atoms with Crippen molar-refractivity contribution in [1.29, 1.82) is 0 Å². The Bertz CT molecular complexity index is 878. The first kappa shape index (κ1) is 18.2. The van der Waals surface area contributed by atoms with Gasteiger partial charge in [0.15, 0.2) is 0 Å². The number of nitro groups is 1. The summed E-state index contributed by atoms with van der Waals surface area (Å²) in [7, 11) is 0. The first-order chi connectivity index (χ1) is 12.4. The number of hydrogen-bond acceptors (Lipinski definition) is 5. The molecule has 0 radical (unpaired) electrons. The second-order valence-electron chi connectivity index (χ2n) is 5.87. The number of hydrogen-bond donors (Lipinski definition) is 0. The lowest BCUT2D eigenvalue weighted by Gasteiger charge is -2.22.